The molecule has 0 radical (unpaired) electrons. The second-order valence-corrected chi connectivity index (χ2v) is 4.75. The smallest absolute Gasteiger partial charge is 0.231 e. The largest absolute Gasteiger partial charge is 0.445 e. The van der Waals surface area contributed by atoms with Crippen LogP contribution in [0.25, 0.3) is 0 Å². The number of carbonyl (C=O) groups excluding carboxylic acids is 1. The summed E-state index contributed by atoms with van der Waals surface area (Å²) < 4.78 is 5.19. The zero-order valence-corrected chi connectivity index (χ0v) is 9.34. The molecule has 1 aromatic heterocycles. The van der Waals surface area contributed by atoms with Crippen LogP contribution in [0, 0.1) is 12.3 Å². The van der Waals surface area contributed by atoms with E-state index < -0.39 is 5.41 Å². The fourth-order valence-electron chi connectivity index (χ4n) is 1.17. The second kappa shape index (κ2) is 2.95. The van der Waals surface area contributed by atoms with E-state index in [2.05, 4.69) is 10.3 Å². The van der Waals surface area contributed by atoms with Crippen molar-refractivity contribution in [3.05, 3.63) is 11.8 Å². The molecule has 1 amide bonds. The van der Waals surface area contributed by atoms with E-state index in [0.29, 0.717) is 11.6 Å². The maximum atomic E-state index is 11.7. The van der Waals surface area contributed by atoms with Crippen molar-refractivity contribution >= 4 is 11.7 Å². The van der Waals surface area contributed by atoms with Crippen LogP contribution in [0.15, 0.2) is 6.07 Å². The number of amides is 1. The maximum absolute atomic E-state index is 11.7. The van der Waals surface area contributed by atoms with E-state index in [1.165, 1.54) is 0 Å². The number of nitrogens with zero attached hydrogens (tertiary/aromatic N) is 1. The first-order valence-corrected chi connectivity index (χ1v) is 4.89. The third-order valence-corrected chi connectivity index (χ3v) is 2.15. The van der Waals surface area contributed by atoms with Crippen molar-refractivity contribution in [3.8, 4) is 11.5 Å². The van der Waals surface area contributed by atoms with Gasteiger partial charge in [-0.15, -0.1) is 0 Å². The van der Waals surface area contributed by atoms with Crippen LogP contribution in [0.4, 0.5) is 5.82 Å². The number of hydrogen-bond acceptors (Lipinski definition) is 3. The first-order valence-electron chi connectivity index (χ1n) is 4.89. The second-order valence-electron chi connectivity index (χ2n) is 4.75. The normalized spacial score (nSPS) is 12.8. The molecule has 4 heteroatoms. The molecular formula is C11H14N2O2. The van der Waals surface area contributed by atoms with Gasteiger partial charge in [0.05, 0.1) is 0 Å². The van der Waals surface area contributed by atoms with Crippen molar-refractivity contribution in [2.45, 2.75) is 27.7 Å². The fraction of sp³-hybridized carbons (Fsp3) is 0.455. The Bertz CT molecular complexity index is 432. The molecule has 0 saturated heterocycles. The van der Waals surface area contributed by atoms with Gasteiger partial charge in [-0.05, 0) is 6.92 Å². The molecule has 2 heterocycles. The van der Waals surface area contributed by atoms with E-state index in [1.807, 2.05) is 33.8 Å². The summed E-state index contributed by atoms with van der Waals surface area (Å²) in [7, 11) is 0. The van der Waals surface area contributed by atoms with Crippen LogP contribution in [0.5, 0.6) is 11.5 Å². The lowest BCUT2D eigenvalue weighted by Gasteiger charge is -2.16. The first-order chi connectivity index (χ1) is 6.88. The third-order valence-electron chi connectivity index (χ3n) is 2.15. The number of ether oxygens (including phenoxy) is 1. The van der Waals surface area contributed by atoms with Crippen molar-refractivity contribution in [2.24, 2.45) is 5.41 Å². The van der Waals surface area contributed by atoms with Crippen LogP contribution >= 0.6 is 0 Å². The van der Waals surface area contributed by atoms with Gasteiger partial charge in [-0.3, -0.25) is 4.79 Å². The van der Waals surface area contributed by atoms with Gasteiger partial charge >= 0.3 is 0 Å². The van der Waals surface area contributed by atoms with Crippen LogP contribution in [-0.2, 0) is 4.79 Å². The zero-order valence-electron chi connectivity index (χ0n) is 9.34. The molecule has 0 bridgehead atoms. The highest BCUT2D eigenvalue weighted by molar-refractivity contribution is 5.96. The summed E-state index contributed by atoms with van der Waals surface area (Å²) in [4.78, 5) is 15.9. The highest BCUT2D eigenvalue weighted by Gasteiger charge is 2.30. The molecular weight excluding hydrogens is 192 g/mol. The maximum Gasteiger partial charge on any atom is 0.231 e. The summed E-state index contributed by atoms with van der Waals surface area (Å²) in [5.74, 6) is 1.98. The third kappa shape index (κ3) is 1.93. The molecule has 0 aromatic carbocycles. The van der Waals surface area contributed by atoms with Crippen LogP contribution in [0.3, 0.4) is 0 Å². The van der Waals surface area contributed by atoms with Gasteiger partial charge < -0.3 is 10.1 Å². The number of pyridine rings is 1. The minimum Gasteiger partial charge on any atom is -0.445 e. The molecule has 1 N–H and O–H groups in total. The average molecular weight is 206 g/mol. The van der Waals surface area contributed by atoms with Crippen molar-refractivity contribution in [2.75, 3.05) is 5.32 Å². The molecule has 1 aliphatic heterocycles. The Morgan fingerprint density at radius 3 is 2.73 bits per heavy atom. The highest BCUT2D eigenvalue weighted by atomic mass is 16.6. The Morgan fingerprint density at radius 2 is 2.13 bits per heavy atom. The van der Waals surface area contributed by atoms with Crippen molar-refractivity contribution < 1.29 is 9.53 Å². The van der Waals surface area contributed by atoms with Crippen molar-refractivity contribution in [3.63, 3.8) is 0 Å². The van der Waals surface area contributed by atoms with Crippen LogP contribution in [-0.4, -0.2) is 10.9 Å². The molecule has 0 atom stereocenters. The summed E-state index contributed by atoms with van der Waals surface area (Å²) in [6, 6.07) is 1.85. The number of carbonyl (C=O) groups is 1. The SMILES string of the molecule is Cc1cc2c(c(NC(=O)C(C)(C)C)n1)O2. The van der Waals surface area contributed by atoms with Gasteiger partial charge in [0.2, 0.25) is 11.7 Å². The van der Waals surface area contributed by atoms with Gasteiger partial charge in [-0.25, -0.2) is 4.98 Å². The summed E-state index contributed by atoms with van der Waals surface area (Å²) in [6.45, 7) is 7.45. The van der Waals surface area contributed by atoms with E-state index >= 15 is 0 Å². The van der Waals surface area contributed by atoms with E-state index in [0.717, 1.165) is 11.4 Å². The van der Waals surface area contributed by atoms with Gasteiger partial charge in [0.15, 0.2) is 11.6 Å². The molecule has 4 nitrogen and oxygen atoms in total. The van der Waals surface area contributed by atoms with Gasteiger partial charge in [0.1, 0.15) is 0 Å². The molecule has 0 saturated carbocycles. The number of hydrogen-bond donors (Lipinski definition) is 1. The topological polar surface area (TPSA) is 54.5 Å². The van der Waals surface area contributed by atoms with Crippen molar-refractivity contribution in [1.82, 2.24) is 4.98 Å². The monoisotopic (exact) mass is 206 g/mol. The number of rotatable bonds is 1. The molecule has 15 heavy (non-hydrogen) atoms. The minimum absolute atomic E-state index is 0.0571. The lowest BCUT2D eigenvalue weighted by Crippen LogP contribution is -2.27. The fourth-order valence-corrected chi connectivity index (χ4v) is 1.17. The summed E-state index contributed by atoms with van der Waals surface area (Å²) >= 11 is 0. The standard InChI is InChI=1S/C11H14N2O2/c1-6-5-7-8(15-7)9(12-6)13-10(14)11(2,3)4/h5H,1-4H3,(H,12,13,14). The number of nitrogens with one attached hydrogen (secondary N) is 1. The van der Waals surface area contributed by atoms with E-state index in [4.69, 9.17) is 4.74 Å². The highest BCUT2D eigenvalue weighted by Crippen LogP contribution is 2.50. The number of aromatic nitrogens is 1. The minimum atomic E-state index is -0.423. The summed E-state index contributed by atoms with van der Waals surface area (Å²) in [6.07, 6.45) is 0. The van der Waals surface area contributed by atoms with E-state index in [1.54, 1.807) is 0 Å². The Balaban J connectivity index is 2.20. The average Bonchev–Trinajstić information content (AvgIpc) is 2.80. The van der Waals surface area contributed by atoms with Crippen LogP contribution in [0.1, 0.15) is 26.5 Å². The number of aryl methyl sites for hydroxylation is 1. The number of anilines is 1. The Labute approximate surface area is 88.7 Å². The lowest BCUT2D eigenvalue weighted by atomic mass is 9.96. The Morgan fingerprint density at radius 1 is 1.47 bits per heavy atom. The molecule has 1 aromatic rings. The summed E-state index contributed by atoms with van der Waals surface area (Å²) in [5, 5.41) is 2.77. The Kier molecular flexibility index (Phi) is 1.96. The van der Waals surface area contributed by atoms with E-state index in [-0.39, 0.29) is 5.91 Å². The molecule has 80 valence electrons. The molecule has 0 aliphatic carbocycles. The van der Waals surface area contributed by atoms with Crippen LogP contribution < -0.4 is 10.1 Å². The predicted molar refractivity (Wildman–Crippen MR) is 57.1 cm³/mol. The van der Waals surface area contributed by atoms with Gasteiger partial charge in [0.25, 0.3) is 0 Å². The van der Waals surface area contributed by atoms with Crippen molar-refractivity contribution in [1.29, 1.82) is 0 Å². The molecule has 1 aliphatic rings. The van der Waals surface area contributed by atoms with Gasteiger partial charge in [-0.1, -0.05) is 20.8 Å². The Hall–Kier alpha value is -1.58. The first kappa shape index (κ1) is 9.96. The number of fused-ring (bicyclic) bond motifs is 1. The van der Waals surface area contributed by atoms with Crippen LogP contribution in [0.2, 0.25) is 0 Å². The van der Waals surface area contributed by atoms with Gasteiger partial charge in [0, 0.05) is 17.2 Å². The quantitative estimate of drug-likeness (QED) is 0.729. The predicted octanol–water partition coefficient (Wildman–Crippen LogP) is 2.48. The van der Waals surface area contributed by atoms with E-state index in [9.17, 15) is 4.79 Å². The lowest BCUT2D eigenvalue weighted by molar-refractivity contribution is -0.123. The molecule has 0 spiro atoms. The zero-order chi connectivity index (χ0) is 11.2. The molecule has 2 rings (SSSR count). The molecule has 0 unspecified atom stereocenters. The molecule has 0 fully saturated rings. The summed E-state index contributed by atoms with van der Waals surface area (Å²) in [5.41, 5.74) is 0.420. The van der Waals surface area contributed by atoms with Gasteiger partial charge in [-0.2, -0.15) is 0 Å².